The predicted octanol–water partition coefficient (Wildman–Crippen LogP) is 4.41. The molecular formula is C19H25NO4S. The summed E-state index contributed by atoms with van der Waals surface area (Å²) in [6, 6.07) is 11.9. The summed E-state index contributed by atoms with van der Waals surface area (Å²) in [6.07, 6.45) is 1.01. The molecule has 0 aliphatic rings. The van der Waals surface area contributed by atoms with Gasteiger partial charge in [0, 0.05) is 6.07 Å². The minimum atomic E-state index is -3.66. The first kappa shape index (κ1) is 19.1. The number of benzene rings is 2. The van der Waals surface area contributed by atoms with Crippen LogP contribution < -0.4 is 14.2 Å². The van der Waals surface area contributed by atoms with Gasteiger partial charge in [-0.15, -0.1) is 0 Å². The van der Waals surface area contributed by atoms with Crippen LogP contribution in [0.15, 0.2) is 47.4 Å². The van der Waals surface area contributed by atoms with E-state index in [9.17, 15) is 8.42 Å². The lowest BCUT2D eigenvalue weighted by atomic mass is 9.99. The average Bonchev–Trinajstić information content (AvgIpc) is 2.62. The lowest BCUT2D eigenvalue weighted by molar-refractivity contribution is 0.311. The summed E-state index contributed by atoms with van der Waals surface area (Å²) in [4.78, 5) is 0.229. The highest BCUT2D eigenvalue weighted by Gasteiger charge is 2.16. The summed E-state index contributed by atoms with van der Waals surface area (Å²) >= 11 is 0. The molecule has 1 atom stereocenters. The third-order valence-electron chi connectivity index (χ3n) is 4.09. The summed E-state index contributed by atoms with van der Waals surface area (Å²) < 4.78 is 38.4. The minimum Gasteiger partial charge on any atom is -0.493 e. The molecule has 0 amide bonds. The van der Waals surface area contributed by atoms with Crippen LogP contribution in [0.1, 0.15) is 38.7 Å². The van der Waals surface area contributed by atoms with Crippen LogP contribution in [0, 0.1) is 0 Å². The minimum absolute atomic E-state index is 0.229. The predicted molar refractivity (Wildman–Crippen MR) is 100 cm³/mol. The smallest absolute Gasteiger partial charge is 0.261 e. The Bertz CT molecular complexity index is 801. The van der Waals surface area contributed by atoms with E-state index in [1.54, 1.807) is 30.3 Å². The lowest BCUT2D eigenvalue weighted by Gasteiger charge is -2.13. The maximum atomic E-state index is 12.6. The number of ether oxygens (including phenoxy) is 2. The summed E-state index contributed by atoms with van der Waals surface area (Å²) in [5, 5.41) is 0. The first-order valence-electron chi connectivity index (χ1n) is 8.34. The van der Waals surface area contributed by atoms with Crippen molar-refractivity contribution in [2.75, 3.05) is 18.4 Å². The van der Waals surface area contributed by atoms with E-state index in [0.717, 1.165) is 12.0 Å². The molecule has 0 bridgehead atoms. The topological polar surface area (TPSA) is 64.6 Å². The van der Waals surface area contributed by atoms with Gasteiger partial charge in [-0.2, -0.15) is 0 Å². The van der Waals surface area contributed by atoms with E-state index in [1.165, 1.54) is 7.11 Å². The quantitative estimate of drug-likeness (QED) is 0.754. The second kappa shape index (κ2) is 8.25. The van der Waals surface area contributed by atoms with Crippen LogP contribution in [-0.2, 0) is 10.0 Å². The van der Waals surface area contributed by atoms with Crippen molar-refractivity contribution in [3.63, 3.8) is 0 Å². The van der Waals surface area contributed by atoms with Crippen molar-refractivity contribution in [3.05, 3.63) is 48.0 Å². The zero-order chi connectivity index (χ0) is 18.4. The Kier molecular flexibility index (Phi) is 6.31. The van der Waals surface area contributed by atoms with E-state index in [1.807, 2.05) is 19.1 Å². The Balaban J connectivity index is 2.23. The van der Waals surface area contributed by atoms with Crippen LogP contribution in [0.4, 0.5) is 5.69 Å². The molecule has 0 saturated carbocycles. The molecular weight excluding hydrogens is 338 g/mol. The van der Waals surface area contributed by atoms with Crippen molar-refractivity contribution in [3.8, 4) is 11.5 Å². The number of hydrogen-bond donors (Lipinski definition) is 1. The molecule has 0 aromatic heterocycles. The Morgan fingerprint density at radius 2 is 1.72 bits per heavy atom. The number of nitrogens with one attached hydrogen (secondary N) is 1. The maximum Gasteiger partial charge on any atom is 0.261 e. The Morgan fingerprint density at radius 3 is 2.28 bits per heavy atom. The fraction of sp³-hybridized carbons (Fsp3) is 0.368. The van der Waals surface area contributed by atoms with Crippen LogP contribution in [0.25, 0.3) is 0 Å². The number of sulfonamides is 1. The molecule has 0 fully saturated rings. The number of rotatable bonds is 8. The Hall–Kier alpha value is -2.21. The summed E-state index contributed by atoms with van der Waals surface area (Å²) in [6.45, 7) is 6.60. The lowest BCUT2D eigenvalue weighted by Crippen LogP contribution is -2.13. The van der Waals surface area contributed by atoms with E-state index in [2.05, 4.69) is 18.6 Å². The molecule has 5 nitrogen and oxygen atoms in total. The van der Waals surface area contributed by atoms with E-state index >= 15 is 0 Å². The van der Waals surface area contributed by atoms with E-state index in [-0.39, 0.29) is 4.90 Å². The van der Waals surface area contributed by atoms with Gasteiger partial charge < -0.3 is 9.47 Å². The monoisotopic (exact) mass is 363 g/mol. The molecule has 136 valence electrons. The summed E-state index contributed by atoms with van der Waals surface area (Å²) in [7, 11) is -2.14. The van der Waals surface area contributed by atoms with Gasteiger partial charge in [0.1, 0.15) is 0 Å². The van der Waals surface area contributed by atoms with Crippen molar-refractivity contribution in [2.24, 2.45) is 0 Å². The van der Waals surface area contributed by atoms with Gasteiger partial charge in [-0.1, -0.05) is 26.0 Å². The van der Waals surface area contributed by atoms with Crippen LogP contribution in [0.2, 0.25) is 0 Å². The van der Waals surface area contributed by atoms with Crippen LogP contribution in [0.3, 0.4) is 0 Å². The highest BCUT2D eigenvalue weighted by molar-refractivity contribution is 7.92. The SMILES string of the molecule is CCOc1ccc(NS(=O)(=O)c2ccc([C@H](C)CC)cc2)cc1OC. The molecule has 0 spiro atoms. The van der Waals surface area contributed by atoms with Crippen molar-refractivity contribution in [1.82, 2.24) is 0 Å². The highest BCUT2D eigenvalue weighted by Crippen LogP contribution is 2.31. The molecule has 1 N–H and O–H groups in total. The standard InChI is InChI=1S/C19H25NO4S/c1-5-14(3)15-7-10-17(11-8-15)25(21,22)20-16-9-12-18(24-6-2)19(13-16)23-4/h7-14,20H,5-6H2,1-4H3/t14-/m1/s1. The Morgan fingerprint density at radius 1 is 1.04 bits per heavy atom. The number of methoxy groups -OCH3 is 1. The van der Waals surface area contributed by atoms with Gasteiger partial charge >= 0.3 is 0 Å². The van der Waals surface area contributed by atoms with E-state index in [4.69, 9.17) is 9.47 Å². The fourth-order valence-electron chi connectivity index (χ4n) is 2.43. The second-order valence-electron chi connectivity index (χ2n) is 5.78. The average molecular weight is 363 g/mol. The van der Waals surface area contributed by atoms with E-state index < -0.39 is 10.0 Å². The molecule has 2 aromatic rings. The molecule has 2 rings (SSSR count). The van der Waals surface area contributed by atoms with Crippen molar-refractivity contribution < 1.29 is 17.9 Å². The maximum absolute atomic E-state index is 12.6. The Labute approximate surface area is 150 Å². The van der Waals surface area contributed by atoms with Crippen LogP contribution in [-0.4, -0.2) is 22.1 Å². The third-order valence-corrected chi connectivity index (χ3v) is 5.48. The first-order chi connectivity index (χ1) is 11.9. The van der Waals surface area contributed by atoms with Gasteiger partial charge in [0.15, 0.2) is 11.5 Å². The molecule has 2 aromatic carbocycles. The van der Waals surface area contributed by atoms with Crippen molar-refractivity contribution in [1.29, 1.82) is 0 Å². The largest absolute Gasteiger partial charge is 0.493 e. The van der Waals surface area contributed by atoms with Gasteiger partial charge in [-0.3, -0.25) is 4.72 Å². The fourth-order valence-corrected chi connectivity index (χ4v) is 3.48. The number of hydrogen-bond acceptors (Lipinski definition) is 4. The molecule has 25 heavy (non-hydrogen) atoms. The van der Waals surface area contributed by atoms with Crippen LogP contribution >= 0.6 is 0 Å². The second-order valence-corrected chi connectivity index (χ2v) is 7.46. The normalized spacial score (nSPS) is 12.5. The van der Waals surface area contributed by atoms with Crippen LogP contribution in [0.5, 0.6) is 11.5 Å². The van der Waals surface area contributed by atoms with E-state index in [0.29, 0.717) is 29.7 Å². The molecule has 0 heterocycles. The van der Waals surface area contributed by atoms with Gasteiger partial charge in [0.25, 0.3) is 10.0 Å². The zero-order valence-electron chi connectivity index (χ0n) is 15.1. The molecule has 0 unspecified atom stereocenters. The van der Waals surface area contributed by atoms with Gasteiger partial charge in [-0.05, 0) is 49.1 Å². The molecule has 0 saturated heterocycles. The zero-order valence-corrected chi connectivity index (χ0v) is 15.9. The molecule has 0 aliphatic heterocycles. The third kappa shape index (κ3) is 4.66. The van der Waals surface area contributed by atoms with Crippen molar-refractivity contribution >= 4 is 15.7 Å². The first-order valence-corrected chi connectivity index (χ1v) is 9.83. The number of anilines is 1. The van der Waals surface area contributed by atoms with Gasteiger partial charge in [0.2, 0.25) is 0 Å². The van der Waals surface area contributed by atoms with Crippen molar-refractivity contribution in [2.45, 2.75) is 38.0 Å². The molecule has 0 radical (unpaired) electrons. The molecule has 0 aliphatic carbocycles. The van der Waals surface area contributed by atoms with Gasteiger partial charge in [0.05, 0.1) is 24.3 Å². The summed E-state index contributed by atoms with van der Waals surface area (Å²) in [5.41, 5.74) is 1.55. The molecule has 6 heteroatoms. The highest BCUT2D eigenvalue weighted by atomic mass is 32.2. The van der Waals surface area contributed by atoms with Gasteiger partial charge in [-0.25, -0.2) is 8.42 Å². The summed E-state index contributed by atoms with van der Waals surface area (Å²) in [5.74, 6) is 1.46.